The van der Waals surface area contributed by atoms with Crippen LogP contribution in [0.4, 0.5) is 0 Å². The van der Waals surface area contributed by atoms with Gasteiger partial charge in [-0.05, 0) is 32.1 Å². The molecule has 1 radical (unpaired) electrons. The Hall–Kier alpha value is -0.300. The molecule has 0 aliphatic carbocycles. The summed E-state index contributed by atoms with van der Waals surface area (Å²) < 4.78 is 0. The Morgan fingerprint density at radius 1 is 0.424 bits per heavy atom. The molecule has 0 aromatic carbocycles. The van der Waals surface area contributed by atoms with Crippen LogP contribution in [0.3, 0.4) is 0 Å². The molecule has 1 nitrogen and oxygen atoms in total. The van der Waals surface area contributed by atoms with E-state index in [1.165, 1.54) is 154 Å². The molecule has 199 valence electrons. The maximum atomic E-state index is 8.61. The Balaban J connectivity index is 0. The first-order valence-corrected chi connectivity index (χ1v) is 15.4. The fraction of sp³-hybridized carbons (Fsp3) is 0.906. The first kappa shape index (κ1) is 34.9. The summed E-state index contributed by atoms with van der Waals surface area (Å²) in [5, 5.41) is 8.61. The topological polar surface area (TPSA) is 20.2 Å². The first-order valence-electron chi connectivity index (χ1n) is 15.4. The van der Waals surface area contributed by atoms with Crippen LogP contribution >= 0.6 is 0 Å². The molecule has 0 aliphatic heterocycles. The number of aliphatic hydroxyl groups is 1. The second-order valence-corrected chi connectivity index (χ2v) is 10.1. The zero-order chi connectivity index (χ0) is 24.5. The van der Waals surface area contributed by atoms with Gasteiger partial charge in [0.15, 0.2) is 0 Å². The molecule has 0 rings (SSSR count). The quantitative estimate of drug-likeness (QED) is 0.0994. The van der Waals surface area contributed by atoms with E-state index in [0.717, 1.165) is 12.8 Å². The minimum absolute atomic E-state index is 0.372. The highest BCUT2D eigenvalue weighted by atomic mass is 16.2. The lowest BCUT2D eigenvalue weighted by Gasteiger charge is -2.01. The lowest BCUT2D eigenvalue weighted by molar-refractivity contribution is 0.282. The van der Waals surface area contributed by atoms with Gasteiger partial charge < -0.3 is 5.11 Å². The largest absolute Gasteiger partial charge is 0.396 e. The zero-order valence-corrected chi connectivity index (χ0v) is 23.4. The van der Waals surface area contributed by atoms with Crippen LogP contribution in [0.2, 0.25) is 0 Å². The van der Waals surface area contributed by atoms with E-state index in [-0.39, 0.29) is 0 Å². The molecule has 0 unspecified atom stereocenters. The van der Waals surface area contributed by atoms with Gasteiger partial charge in [-0.15, -0.1) is 0 Å². The molecule has 0 bridgehead atoms. The van der Waals surface area contributed by atoms with Gasteiger partial charge in [0.25, 0.3) is 0 Å². The van der Waals surface area contributed by atoms with Crippen LogP contribution in [-0.4, -0.2) is 11.7 Å². The van der Waals surface area contributed by atoms with Gasteiger partial charge in [0.05, 0.1) is 0 Å². The second-order valence-electron chi connectivity index (χ2n) is 10.1. The van der Waals surface area contributed by atoms with Crippen molar-refractivity contribution in [1.29, 1.82) is 0 Å². The van der Waals surface area contributed by atoms with Crippen molar-refractivity contribution in [2.45, 2.75) is 181 Å². The fourth-order valence-electron chi connectivity index (χ4n) is 4.20. The normalized spacial score (nSPS) is 11.2. The van der Waals surface area contributed by atoms with Gasteiger partial charge in [-0.2, -0.15) is 0 Å². The molecule has 1 N–H and O–H groups in total. The molecule has 0 heterocycles. The molecule has 0 atom stereocenters. The van der Waals surface area contributed by atoms with Gasteiger partial charge in [0.2, 0.25) is 0 Å². The van der Waals surface area contributed by atoms with Crippen molar-refractivity contribution >= 4 is 0 Å². The van der Waals surface area contributed by atoms with Gasteiger partial charge >= 0.3 is 0 Å². The van der Waals surface area contributed by atoms with E-state index in [9.17, 15) is 0 Å². The molecule has 0 aromatic heterocycles. The smallest absolute Gasteiger partial charge is 0.0431 e. The van der Waals surface area contributed by atoms with E-state index in [4.69, 9.17) is 5.11 Å². The average Bonchev–Trinajstić information content (AvgIpc) is 2.83. The monoisotopic (exact) mass is 466 g/mol. The molecular weight excluding hydrogens is 400 g/mol. The van der Waals surface area contributed by atoms with Crippen LogP contribution in [0.25, 0.3) is 0 Å². The Morgan fingerprint density at radius 3 is 1.06 bits per heavy atom. The van der Waals surface area contributed by atoms with Crippen LogP contribution in [0.5, 0.6) is 0 Å². The summed E-state index contributed by atoms with van der Waals surface area (Å²) in [7, 11) is 0. The minimum Gasteiger partial charge on any atom is -0.396 e. The van der Waals surface area contributed by atoms with Crippen LogP contribution in [0, 0.1) is 6.92 Å². The number of aliphatic hydroxyl groups excluding tert-OH is 1. The highest BCUT2D eigenvalue weighted by molar-refractivity contribution is 4.81. The van der Waals surface area contributed by atoms with E-state index in [0.29, 0.717) is 6.61 Å². The third-order valence-electron chi connectivity index (χ3n) is 6.52. The van der Waals surface area contributed by atoms with E-state index >= 15 is 0 Å². The summed E-state index contributed by atoms with van der Waals surface area (Å²) in [6.45, 7) is 8.80. The number of rotatable bonds is 26. The molecule has 0 spiro atoms. The number of unbranched alkanes of at least 4 members (excludes halogenated alkanes) is 23. The third kappa shape index (κ3) is 39.2. The summed E-state index contributed by atoms with van der Waals surface area (Å²) >= 11 is 0. The lowest BCUT2D eigenvalue weighted by Crippen LogP contribution is -1.84. The number of hydrogen-bond acceptors (Lipinski definition) is 1. The summed E-state index contributed by atoms with van der Waals surface area (Å²) in [4.78, 5) is 0. The standard InChI is InChI=1S/C18H35.C14H30O/c1-3-5-7-9-11-13-15-17-18-16-14-12-10-8-6-4-2;1-2-3-4-5-6-7-8-9-10-11-12-13-14-15/h17-18H,1,3-16H2,2H3;15H,2-14H2,1H3/b18-17-;. The summed E-state index contributed by atoms with van der Waals surface area (Å²) in [6, 6.07) is 0. The van der Waals surface area contributed by atoms with Crippen molar-refractivity contribution in [3.63, 3.8) is 0 Å². The van der Waals surface area contributed by atoms with Crippen molar-refractivity contribution in [2.24, 2.45) is 0 Å². The molecule has 1 heteroatoms. The Kier molecular flexibility index (Phi) is 38.3. The van der Waals surface area contributed by atoms with Gasteiger partial charge in [-0.25, -0.2) is 0 Å². The number of hydrogen-bond donors (Lipinski definition) is 1. The molecule has 0 aliphatic rings. The highest BCUT2D eigenvalue weighted by Crippen LogP contribution is 2.12. The molecule has 0 saturated carbocycles. The SMILES string of the molecule is CCCCCCCCCCCCCCO.[CH2]CCCCCCC/C=C\CCCCCCCC. The van der Waals surface area contributed by atoms with Crippen molar-refractivity contribution in [3.05, 3.63) is 19.1 Å². The first-order chi connectivity index (χ1) is 16.3. The highest BCUT2D eigenvalue weighted by Gasteiger charge is 1.93. The summed E-state index contributed by atoms with van der Waals surface area (Å²) in [6.07, 6.45) is 40.1. The van der Waals surface area contributed by atoms with E-state index in [1.807, 2.05) is 0 Å². The van der Waals surface area contributed by atoms with Gasteiger partial charge in [0, 0.05) is 6.61 Å². The summed E-state index contributed by atoms with van der Waals surface area (Å²) in [5.41, 5.74) is 0. The molecular formula is C32H65O. The molecule has 0 aromatic rings. The van der Waals surface area contributed by atoms with E-state index in [1.54, 1.807) is 0 Å². The Labute approximate surface area is 211 Å². The molecule has 33 heavy (non-hydrogen) atoms. The third-order valence-corrected chi connectivity index (χ3v) is 6.52. The van der Waals surface area contributed by atoms with Crippen molar-refractivity contribution in [3.8, 4) is 0 Å². The van der Waals surface area contributed by atoms with Crippen molar-refractivity contribution in [1.82, 2.24) is 0 Å². The molecule has 0 fully saturated rings. The van der Waals surface area contributed by atoms with Gasteiger partial charge in [-0.1, -0.05) is 168 Å². The van der Waals surface area contributed by atoms with Crippen LogP contribution in [0.15, 0.2) is 12.2 Å². The van der Waals surface area contributed by atoms with Gasteiger partial charge in [-0.3, -0.25) is 0 Å². The van der Waals surface area contributed by atoms with E-state index in [2.05, 4.69) is 32.9 Å². The molecule has 0 amide bonds. The maximum absolute atomic E-state index is 8.61. The fourth-order valence-corrected chi connectivity index (χ4v) is 4.20. The lowest BCUT2D eigenvalue weighted by atomic mass is 10.1. The minimum atomic E-state index is 0.372. The van der Waals surface area contributed by atoms with Crippen LogP contribution in [0.1, 0.15) is 181 Å². The predicted molar refractivity (Wildman–Crippen MR) is 153 cm³/mol. The van der Waals surface area contributed by atoms with Crippen molar-refractivity contribution in [2.75, 3.05) is 6.61 Å². The number of allylic oxidation sites excluding steroid dienone is 2. The Bertz CT molecular complexity index is 292. The summed E-state index contributed by atoms with van der Waals surface area (Å²) in [5.74, 6) is 0. The predicted octanol–water partition coefficient (Wildman–Crippen LogP) is 11.5. The van der Waals surface area contributed by atoms with E-state index < -0.39 is 0 Å². The average molecular weight is 466 g/mol. The second kappa shape index (κ2) is 36.3. The maximum Gasteiger partial charge on any atom is 0.0431 e. The van der Waals surface area contributed by atoms with Crippen LogP contribution < -0.4 is 0 Å². The molecule has 0 saturated heterocycles. The Morgan fingerprint density at radius 2 is 0.727 bits per heavy atom. The van der Waals surface area contributed by atoms with Crippen molar-refractivity contribution < 1.29 is 5.11 Å². The van der Waals surface area contributed by atoms with Gasteiger partial charge in [0.1, 0.15) is 0 Å². The zero-order valence-electron chi connectivity index (χ0n) is 23.4. The van der Waals surface area contributed by atoms with Crippen LogP contribution in [-0.2, 0) is 0 Å².